The standard InChI is InChI=1S/C9H18N2/c1-8-7-10-5-6-11(8)9(2,3)4/h10H,1,5-7H2,2-4H3. The van der Waals surface area contributed by atoms with Crippen LogP contribution in [0, 0.1) is 0 Å². The summed E-state index contributed by atoms with van der Waals surface area (Å²) in [6.45, 7) is 13.8. The zero-order valence-corrected chi connectivity index (χ0v) is 7.78. The monoisotopic (exact) mass is 154 g/mol. The predicted octanol–water partition coefficient (Wildman–Crippen LogP) is 1.20. The molecule has 0 aromatic heterocycles. The minimum absolute atomic E-state index is 0.235. The Morgan fingerprint density at radius 3 is 2.45 bits per heavy atom. The van der Waals surface area contributed by atoms with E-state index in [1.165, 1.54) is 5.70 Å². The van der Waals surface area contributed by atoms with Crippen molar-refractivity contribution in [1.29, 1.82) is 0 Å². The minimum Gasteiger partial charge on any atom is -0.368 e. The van der Waals surface area contributed by atoms with Crippen LogP contribution in [0.2, 0.25) is 0 Å². The first kappa shape index (κ1) is 8.60. The summed E-state index contributed by atoms with van der Waals surface area (Å²) in [6, 6.07) is 0. The Balaban J connectivity index is 2.62. The highest BCUT2D eigenvalue weighted by Crippen LogP contribution is 2.18. The lowest BCUT2D eigenvalue weighted by Crippen LogP contribution is -2.50. The van der Waals surface area contributed by atoms with Gasteiger partial charge in [0.1, 0.15) is 0 Å². The molecule has 0 bridgehead atoms. The van der Waals surface area contributed by atoms with Crippen LogP contribution in [0.5, 0.6) is 0 Å². The number of rotatable bonds is 0. The van der Waals surface area contributed by atoms with Crippen molar-refractivity contribution in [3.63, 3.8) is 0 Å². The highest BCUT2D eigenvalue weighted by atomic mass is 15.2. The van der Waals surface area contributed by atoms with E-state index in [0.717, 1.165) is 19.6 Å². The van der Waals surface area contributed by atoms with E-state index >= 15 is 0 Å². The second kappa shape index (κ2) is 2.86. The van der Waals surface area contributed by atoms with Gasteiger partial charge in [-0.15, -0.1) is 0 Å². The largest absolute Gasteiger partial charge is 0.368 e. The molecule has 1 saturated heterocycles. The maximum Gasteiger partial charge on any atom is 0.0350 e. The van der Waals surface area contributed by atoms with E-state index in [-0.39, 0.29) is 5.54 Å². The summed E-state index contributed by atoms with van der Waals surface area (Å²) in [6.07, 6.45) is 0. The molecule has 11 heavy (non-hydrogen) atoms. The summed E-state index contributed by atoms with van der Waals surface area (Å²) in [5.74, 6) is 0. The topological polar surface area (TPSA) is 15.3 Å². The summed E-state index contributed by atoms with van der Waals surface area (Å²) in [7, 11) is 0. The van der Waals surface area contributed by atoms with Gasteiger partial charge in [-0.2, -0.15) is 0 Å². The second-order valence-electron chi connectivity index (χ2n) is 4.07. The maximum absolute atomic E-state index is 4.03. The number of piperazine rings is 1. The van der Waals surface area contributed by atoms with Gasteiger partial charge in [0.25, 0.3) is 0 Å². The van der Waals surface area contributed by atoms with E-state index in [1.54, 1.807) is 0 Å². The van der Waals surface area contributed by atoms with Crippen LogP contribution in [0.25, 0.3) is 0 Å². The molecule has 1 N–H and O–H groups in total. The Labute approximate surface area is 69.3 Å². The third-order valence-corrected chi connectivity index (χ3v) is 2.03. The summed E-state index contributed by atoms with van der Waals surface area (Å²) >= 11 is 0. The van der Waals surface area contributed by atoms with Gasteiger partial charge in [0, 0.05) is 30.9 Å². The molecule has 0 aromatic rings. The fraction of sp³-hybridized carbons (Fsp3) is 0.778. The van der Waals surface area contributed by atoms with Gasteiger partial charge in [0.15, 0.2) is 0 Å². The number of nitrogens with zero attached hydrogens (tertiary/aromatic N) is 1. The quantitative estimate of drug-likeness (QED) is 0.564. The molecule has 0 atom stereocenters. The summed E-state index contributed by atoms with van der Waals surface area (Å²) in [5, 5.41) is 3.30. The number of hydrogen-bond donors (Lipinski definition) is 1. The van der Waals surface area contributed by atoms with Crippen molar-refractivity contribution >= 4 is 0 Å². The summed E-state index contributed by atoms with van der Waals surface area (Å²) in [4.78, 5) is 2.36. The first-order valence-corrected chi connectivity index (χ1v) is 4.18. The molecule has 1 heterocycles. The van der Waals surface area contributed by atoms with Gasteiger partial charge in [-0.1, -0.05) is 6.58 Å². The second-order valence-corrected chi connectivity index (χ2v) is 4.07. The molecule has 64 valence electrons. The lowest BCUT2D eigenvalue weighted by atomic mass is 10.0. The summed E-state index contributed by atoms with van der Waals surface area (Å²) in [5.41, 5.74) is 1.45. The number of nitrogens with one attached hydrogen (secondary N) is 1. The molecule has 1 fully saturated rings. The molecule has 0 aliphatic carbocycles. The van der Waals surface area contributed by atoms with Crippen molar-refractivity contribution in [2.45, 2.75) is 26.3 Å². The van der Waals surface area contributed by atoms with E-state index in [1.807, 2.05) is 0 Å². The van der Waals surface area contributed by atoms with Crippen molar-refractivity contribution in [1.82, 2.24) is 10.2 Å². The highest BCUT2D eigenvalue weighted by molar-refractivity contribution is 5.04. The first-order chi connectivity index (χ1) is 5.02. The normalized spacial score (nSPS) is 20.6. The van der Waals surface area contributed by atoms with E-state index in [4.69, 9.17) is 0 Å². The minimum atomic E-state index is 0.235. The molecule has 0 unspecified atom stereocenters. The van der Waals surface area contributed by atoms with Crippen molar-refractivity contribution in [2.24, 2.45) is 0 Å². The molecular weight excluding hydrogens is 136 g/mol. The zero-order chi connectivity index (χ0) is 8.48. The first-order valence-electron chi connectivity index (χ1n) is 4.18. The van der Waals surface area contributed by atoms with Gasteiger partial charge in [0.05, 0.1) is 0 Å². The molecule has 1 aliphatic rings. The lowest BCUT2D eigenvalue weighted by molar-refractivity contribution is 0.165. The Bertz CT molecular complexity index is 155. The smallest absolute Gasteiger partial charge is 0.0350 e. The molecule has 1 rings (SSSR count). The molecule has 0 amide bonds. The van der Waals surface area contributed by atoms with E-state index in [9.17, 15) is 0 Å². The van der Waals surface area contributed by atoms with Crippen LogP contribution in [0.15, 0.2) is 12.3 Å². The SMILES string of the molecule is C=C1CNCCN1C(C)(C)C. The van der Waals surface area contributed by atoms with Crippen LogP contribution >= 0.6 is 0 Å². The Morgan fingerprint density at radius 2 is 2.09 bits per heavy atom. The fourth-order valence-corrected chi connectivity index (χ4v) is 1.49. The predicted molar refractivity (Wildman–Crippen MR) is 48.5 cm³/mol. The van der Waals surface area contributed by atoms with Gasteiger partial charge in [-0.05, 0) is 20.8 Å². The van der Waals surface area contributed by atoms with Gasteiger partial charge < -0.3 is 10.2 Å². The zero-order valence-electron chi connectivity index (χ0n) is 7.78. The Kier molecular flexibility index (Phi) is 2.23. The van der Waals surface area contributed by atoms with Crippen LogP contribution in [0.1, 0.15) is 20.8 Å². The molecule has 2 nitrogen and oxygen atoms in total. The van der Waals surface area contributed by atoms with E-state index in [2.05, 4.69) is 37.6 Å². The highest BCUT2D eigenvalue weighted by Gasteiger charge is 2.23. The molecular formula is C9H18N2. The van der Waals surface area contributed by atoms with Crippen molar-refractivity contribution in [3.05, 3.63) is 12.3 Å². The number of hydrogen-bond acceptors (Lipinski definition) is 2. The van der Waals surface area contributed by atoms with Gasteiger partial charge in [-0.25, -0.2) is 0 Å². The van der Waals surface area contributed by atoms with E-state index < -0.39 is 0 Å². The maximum atomic E-state index is 4.03. The van der Waals surface area contributed by atoms with Crippen LogP contribution in [-0.4, -0.2) is 30.1 Å². The van der Waals surface area contributed by atoms with Crippen LogP contribution in [0.4, 0.5) is 0 Å². The van der Waals surface area contributed by atoms with Crippen LogP contribution < -0.4 is 5.32 Å². The molecule has 0 spiro atoms. The lowest BCUT2D eigenvalue weighted by Gasteiger charge is -2.42. The van der Waals surface area contributed by atoms with Crippen molar-refractivity contribution in [2.75, 3.05) is 19.6 Å². The van der Waals surface area contributed by atoms with Crippen LogP contribution in [-0.2, 0) is 0 Å². The molecule has 0 radical (unpaired) electrons. The third-order valence-electron chi connectivity index (χ3n) is 2.03. The Hall–Kier alpha value is -0.500. The van der Waals surface area contributed by atoms with Gasteiger partial charge in [-0.3, -0.25) is 0 Å². The van der Waals surface area contributed by atoms with Crippen molar-refractivity contribution < 1.29 is 0 Å². The third kappa shape index (κ3) is 1.96. The van der Waals surface area contributed by atoms with Crippen LogP contribution in [0.3, 0.4) is 0 Å². The average Bonchev–Trinajstić information content (AvgIpc) is 1.86. The molecule has 0 aromatic carbocycles. The van der Waals surface area contributed by atoms with Gasteiger partial charge >= 0.3 is 0 Å². The molecule has 0 saturated carbocycles. The van der Waals surface area contributed by atoms with E-state index in [0.29, 0.717) is 0 Å². The summed E-state index contributed by atoms with van der Waals surface area (Å²) < 4.78 is 0. The fourth-order valence-electron chi connectivity index (χ4n) is 1.49. The Morgan fingerprint density at radius 1 is 1.45 bits per heavy atom. The van der Waals surface area contributed by atoms with Crippen molar-refractivity contribution in [3.8, 4) is 0 Å². The average molecular weight is 154 g/mol. The van der Waals surface area contributed by atoms with Gasteiger partial charge in [0.2, 0.25) is 0 Å². The molecule has 1 aliphatic heterocycles. The molecule has 2 heteroatoms.